The molecule has 1 atom stereocenters. The Morgan fingerprint density at radius 2 is 2.05 bits per heavy atom. The van der Waals surface area contributed by atoms with Crippen molar-refractivity contribution in [2.45, 2.75) is 31.9 Å². The van der Waals surface area contributed by atoms with Crippen molar-refractivity contribution < 1.29 is 13.9 Å². The molecular formula is C15H21FN2O2. The molecule has 20 heavy (non-hydrogen) atoms. The number of rotatable bonds is 5. The molecule has 1 aromatic carbocycles. The van der Waals surface area contributed by atoms with Gasteiger partial charge >= 0.3 is 0 Å². The van der Waals surface area contributed by atoms with Crippen LogP contribution in [0.5, 0.6) is 0 Å². The van der Waals surface area contributed by atoms with Gasteiger partial charge in [0, 0.05) is 0 Å². The third-order valence-corrected chi connectivity index (χ3v) is 3.48. The maximum atomic E-state index is 12.8. The zero-order valence-electron chi connectivity index (χ0n) is 11.7. The molecule has 1 fully saturated rings. The molecule has 5 heteroatoms. The van der Waals surface area contributed by atoms with Crippen molar-refractivity contribution in [1.82, 2.24) is 10.6 Å². The second-order valence-corrected chi connectivity index (χ2v) is 5.10. The minimum Gasteiger partial charge on any atom is -0.368 e. The lowest BCUT2D eigenvalue weighted by Crippen LogP contribution is -2.36. The van der Waals surface area contributed by atoms with Crippen molar-refractivity contribution in [1.29, 1.82) is 0 Å². The molecule has 0 unspecified atom stereocenters. The maximum absolute atomic E-state index is 12.8. The lowest BCUT2D eigenvalue weighted by Gasteiger charge is -2.23. The van der Waals surface area contributed by atoms with Gasteiger partial charge in [0.15, 0.2) is 0 Å². The van der Waals surface area contributed by atoms with E-state index in [9.17, 15) is 9.18 Å². The monoisotopic (exact) mass is 280 g/mol. The van der Waals surface area contributed by atoms with Crippen LogP contribution in [0.15, 0.2) is 24.3 Å². The number of carbonyl (C=O) groups is 1. The molecule has 4 nitrogen and oxygen atoms in total. The van der Waals surface area contributed by atoms with Crippen molar-refractivity contribution in [2.75, 3.05) is 19.7 Å². The summed E-state index contributed by atoms with van der Waals surface area (Å²) in [5.74, 6) is -0.415. The Hall–Kier alpha value is -1.46. The lowest BCUT2D eigenvalue weighted by atomic mass is 10.1. The topological polar surface area (TPSA) is 50.4 Å². The second kappa shape index (κ2) is 7.36. The van der Waals surface area contributed by atoms with Crippen molar-refractivity contribution in [2.24, 2.45) is 0 Å². The number of ether oxygens (including phenoxy) is 1. The lowest BCUT2D eigenvalue weighted by molar-refractivity contribution is -0.128. The SMILES string of the molecule is C[C@H](NC(=O)COC1CCNCC1)c1ccc(F)cc1. The molecule has 1 aliphatic rings. The summed E-state index contributed by atoms with van der Waals surface area (Å²) in [5, 5.41) is 6.10. The Labute approximate surface area is 118 Å². The Balaban J connectivity index is 1.74. The van der Waals surface area contributed by atoms with E-state index in [4.69, 9.17) is 4.74 Å². The number of nitrogens with one attached hydrogen (secondary N) is 2. The first kappa shape index (κ1) is 14.9. The van der Waals surface area contributed by atoms with Crippen LogP contribution in [-0.4, -0.2) is 31.7 Å². The molecular weight excluding hydrogens is 259 g/mol. The van der Waals surface area contributed by atoms with Gasteiger partial charge in [-0.3, -0.25) is 4.79 Å². The van der Waals surface area contributed by atoms with E-state index in [1.807, 2.05) is 6.92 Å². The van der Waals surface area contributed by atoms with E-state index in [2.05, 4.69) is 10.6 Å². The van der Waals surface area contributed by atoms with E-state index in [-0.39, 0.29) is 30.5 Å². The number of carbonyl (C=O) groups excluding carboxylic acids is 1. The predicted octanol–water partition coefficient (Wildman–Crippen LogP) is 1.77. The molecule has 0 aliphatic carbocycles. The van der Waals surface area contributed by atoms with Crippen molar-refractivity contribution >= 4 is 5.91 Å². The minimum absolute atomic E-state index is 0.0796. The predicted molar refractivity (Wildman–Crippen MR) is 74.8 cm³/mol. The van der Waals surface area contributed by atoms with Crippen LogP contribution in [0.3, 0.4) is 0 Å². The average Bonchev–Trinajstić information content (AvgIpc) is 2.47. The zero-order chi connectivity index (χ0) is 14.4. The molecule has 0 bridgehead atoms. The maximum Gasteiger partial charge on any atom is 0.246 e. The van der Waals surface area contributed by atoms with Crippen LogP contribution in [0.4, 0.5) is 4.39 Å². The summed E-state index contributed by atoms with van der Waals surface area (Å²) in [4.78, 5) is 11.8. The Bertz CT molecular complexity index is 430. The van der Waals surface area contributed by atoms with E-state index >= 15 is 0 Å². The number of hydrogen-bond acceptors (Lipinski definition) is 3. The van der Waals surface area contributed by atoms with Gasteiger partial charge in [-0.1, -0.05) is 12.1 Å². The first-order chi connectivity index (χ1) is 9.65. The first-order valence-electron chi connectivity index (χ1n) is 7.02. The van der Waals surface area contributed by atoms with Gasteiger partial charge in [-0.25, -0.2) is 4.39 Å². The third-order valence-electron chi connectivity index (χ3n) is 3.48. The highest BCUT2D eigenvalue weighted by Gasteiger charge is 2.16. The highest BCUT2D eigenvalue weighted by Crippen LogP contribution is 2.13. The standard InChI is InChI=1S/C15H21FN2O2/c1-11(12-2-4-13(16)5-3-12)18-15(19)10-20-14-6-8-17-9-7-14/h2-5,11,14,17H,6-10H2,1H3,(H,18,19)/t11-/m0/s1. The van der Waals surface area contributed by atoms with Gasteiger partial charge in [0.2, 0.25) is 5.91 Å². The van der Waals surface area contributed by atoms with E-state index in [0.717, 1.165) is 31.5 Å². The van der Waals surface area contributed by atoms with Crippen LogP contribution in [0.25, 0.3) is 0 Å². The highest BCUT2D eigenvalue weighted by molar-refractivity contribution is 5.77. The summed E-state index contributed by atoms with van der Waals surface area (Å²) in [6.07, 6.45) is 2.06. The van der Waals surface area contributed by atoms with Gasteiger partial charge < -0.3 is 15.4 Å². The van der Waals surface area contributed by atoms with Gasteiger partial charge in [-0.15, -0.1) is 0 Å². The van der Waals surface area contributed by atoms with Crippen molar-refractivity contribution in [3.8, 4) is 0 Å². The van der Waals surface area contributed by atoms with Crippen molar-refractivity contribution in [3.63, 3.8) is 0 Å². The number of benzene rings is 1. The van der Waals surface area contributed by atoms with Gasteiger partial charge in [-0.2, -0.15) is 0 Å². The quantitative estimate of drug-likeness (QED) is 0.864. The Morgan fingerprint density at radius 1 is 1.40 bits per heavy atom. The van der Waals surface area contributed by atoms with Crippen LogP contribution >= 0.6 is 0 Å². The fourth-order valence-electron chi connectivity index (χ4n) is 2.27. The van der Waals surface area contributed by atoms with E-state index < -0.39 is 0 Å². The van der Waals surface area contributed by atoms with Crippen LogP contribution < -0.4 is 10.6 Å². The average molecular weight is 280 g/mol. The summed E-state index contributed by atoms with van der Waals surface area (Å²) in [6.45, 7) is 3.84. The first-order valence-corrected chi connectivity index (χ1v) is 7.02. The zero-order valence-corrected chi connectivity index (χ0v) is 11.7. The van der Waals surface area contributed by atoms with Gasteiger partial charge in [-0.05, 0) is 50.6 Å². The normalized spacial score (nSPS) is 17.7. The summed E-state index contributed by atoms with van der Waals surface area (Å²) in [6, 6.07) is 5.98. The van der Waals surface area contributed by atoms with Gasteiger partial charge in [0.1, 0.15) is 12.4 Å². The summed E-state index contributed by atoms with van der Waals surface area (Å²) in [7, 11) is 0. The van der Waals surface area contributed by atoms with E-state index in [1.54, 1.807) is 12.1 Å². The van der Waals surface area contributed by atoms with E-state index in [1.165, 1.54) is 12.1 Å². The third kappa shape index (κ3) is 4.58. The summed E-state index contributed by atoms with van der Waals surface area (Å²) in [5.41, 5.74) is 0.876. The fourth-order valence-corrected chi connectivity index (χ4v) is 2.27. The highest BCUT2D eigenvalue weighted by atomic mass is 19.1. The Kier molecular flexibility index (Phi) is 5.49. The van der Waals surface area contributed by atoms with E-state index in [0.29, 0.717) is 0 Å². The van der Waals surface area contributed by atoms with Gasteiger partial charge in [0.25, 0.3) is 0 Å². The summed E-state index contributed by atoms with van der Waals surface area (Å²) >= 11 is 0. The molecule has 110 valence electrons. The molecule has 1 heterocycles. The molecule has 0 spiro atoms. The number of amides is 1. The minimum atomic E-state index is -0.276. The largest absolute Gasteiger partial charge is 0.368 e. The number of halogens is 1. The molecule has 1 amide bonds. The summed E-state index contributed by atoms with van der Waals surface area (Å²) < 4.78 is 18.4. The molecule has 0 saturated carbocycles. The van der Waals surface area contributed by atoms with Crippen LogP contribution in [0.2, 0.25) is 0 Å². The fraction of sp³-hybridized carbons (Fsp3) is 0.533. The molecule has 0 aromatic heterocycles. The molecule has 0 radical (unpaired) electrons. The Morgan fingerprint density at radius 3 is 2.70 bits per heavy atom. The molecule has 1 aromatic rings. The molecule has 2 N–H and O–H groups in total. The van der Waals surface area contributed by atoms with Gasteiger partial charge in [0.05, 0.1) is 12.1 Å². The smallest absolute Gasteiger partial charge is 0.246 e. The van der Waals surface area contributed by atoms with Crippen LogP contribution in [0.1, 0.15) is 31.4 Å². The number of piperidine rings is 1. The van der Waals surface area contributed by atoms with Crippen molar-refractivity contribution in [3.05, 3.63) is 35.6 Å². The van der Waals surface area contributed by atoms with Crippen LogP contribution in [0, 0.1) is 5.82 Å². The molecule has 1 saturated heterocycles. The van der Waals surface area contributed by atoms with Crippen LogP contribution in [-0.2, 0) is 9.53 Å². The second-order valence-electron chi connectivity index (χ2n) is 5.10. The molecule has 1 aliphatic heterocycles. The number of hydrogen-bond donors (Lipinski definition) is 2. The molecule has 2 rings (SSSR count).